The third-order valence-electron chi connectivity index (χ3n) is 4.14. The van der Waals surface area contributed by atoms with Crippen molar-refractivity contribution in [2.24, 2.45) is 0 Å². The molecule has 0 bridgehead atoms. The van der Waals surface area contributed by atoms with Crippen molar-refractivity contribution in [3.8, 4) is 17.0 Å². The van der Waals surface area contributed by atoms with Gasteiger partial charge in [-0.15, -0.1) is 0 Å². The number of benzene rings is 2. The van der Waals surface area contributed by atoms with Crippen molar-refractivity contribution >= 4 is 23.2 Å². The molecule has 0 saturated carbocycles. The lowest BCUT2D eigenvalue weighted by molar-refractivity contribution is 0.0996. The third-order valence-corrected chi connectivity index (χ3v) is 4.14. The molecule has 0 aliphatic rings. The highest BCUT2D eigenvalue weighted by Crippen LogP contribution is 2.24. The van der Waals surface area contributed by atoms with Gasteiger partial charge in [0.05, 0.1) is 19.1 Å². The van der Waals surface area contributed by atoms with Crippen LogP contribution in [0.5, 0.6) is 5.75 Å². The Morgan fingerprint density at radius 2 is 1.86 bits per heavy atom. The Morgan fingerprint density at radius 1 is 1.00 bits per heavy atom. The summed E-state index contributed by atoms with van der Waals surface area (Å²) in [6.45, 7) is 0. The molecule has 0 radical (unpaired) electrons. The summed E-state index contributed by atoms with van der Waals surface area (Å²) in [5.74, 6) is 1.14. The van der Waals surface area contributed by atoms with Gasteiger partial charge in [0.1, 0.15) is 5.75 Å². The van der Waals surface area contributed by atoms with Crippen LogP contribution in [0, 0.1) is 0 Å². The van der Waals surface area contributed by atoms with E-state index in [0.717, 1.165) is 22.7 Å². The van der Waals surface area contributed by atoms with Gasteiger partial charge >= 0.3 is 0 Å². The van der Waals surface area contributed by atoms with Gasteiger partial charge in [-0.05, 0) is 42.5 Å². The molecule has 144 valence electrons. The van der Waals surface area contributed by atoms with E-state index in [-0.39, 0.29) is 11.7 Å². The number of hydrogen-bond donors (Lipinski definition) is 2. The summed E-state index contributed by atoms with van der Waals surface area (Å²) >= 11 is 0. The van der Waals surface area contributed by atoms with E-state index < -0.39 is 0 Å². The second-order valence-electron chi connectivity index (χ2n) is 6.13. The molecule has 0 saturated heterocycles. The first kappa shape index (κ1) is 18.2. The Labute approximate surface area is 167 Å². The Balaban J connectivity index is 1.54. The number of nitrogens with one attached hydrogen (secondary N) is 2. The largest absolute Gasteiger partial charge is 0.497 e. The first-order valence-electron chi connectivity index (χ1n) is 8.91. The van der Waals surface area contributed by atoms with E-state index in [9.17, 15) is 4.79 Å². The molecule has 2 aromatic heterocycles. The fraction of sp³-hybridized carbons (Fsp3) is 0.0455. The molecule has 2 N–H and O–H groups in total. The number of furan rings is 1. The third kappa shape index (κ3) is 4.41. The highest BCUT2D eigenvalue weighted by Gasteiger charge is 2.10. The van der Waals surface area contributed by atoms with Gasteiger partial charge in [-0.1, -0.05) is 18.2 Å². The van der Waals surface area contributed by atoms with Gasteiger partial charge in [0.2, 0.25) is 5.95 Å². The minimum atomic E-state index is -0.310. The van der Waals surface area contributed by atoms with Crippen molar-refractivity contribution in [1.82, 2.24) is 9.97 Å². The normalized spacial score (nSPS) is 10.4. The van der Waals surface area contributed by atoms with Crippen LogP contribution < -0.4 is 15.4 Å². The van der Waals surface area contributed by atoms with Crippen molar-refractivity contribution < 1.29 is 13.9 Å². The molecule has 0 spiro atoms. The highest BCUT2D eigenvalue weighted by molar-refractivity contribution is 6.02. The van der Waals surface area contributed by atoms with Crippen LogP contribution in [0.15, 0.2) is 83.6 Å². The number of amides is 1. The van der Waals surface area contributed by atoms with Crippen molar-refractivity contribution in [3.05, 3.63) is 85.0 Å². The summed E-state index contributed by atoms with van der Waals surface area (Å²) in [5.41, 5.74) is 3.03. The highest BCUT2D eigenvalue weighted by atomic mass is 16.5. The molecule has 0 unspecified atom stereocenters. The van der Waals surface area contributed by atoms with Gasteiger partial charge in [-0.3, -0.25) is 4.79 Å². The summed E-state index contributed by atoms with van der Waals surface area (Å²) in [6.07, 6.45) is 3.14. The van der Waals surface area contributed by atoms with E-state index in [4.69, 9.17) is 9.15 Å². The summed E-state index contributed by atoms with van der Waals surface area (Å²) in [4.78, 5) is 21.0. The zero-order chi connectivity index (χ0) is 20.1. The SMILES string of the molecule is COc1cccc(Nc2nccc(-c3cccc(NC(=O)c4ccco4)c3)n2)c1. The Bertz CT molecular complexity index is 1130. The van der Waals surface area contributed by atoms with Gasteiger partial charge < -0.3 is 19.8 Å². The number of aromatic nitrogens is 2. The molecule has 0 atom stereocenters. The van der Waals surface area contributed by atoms with Crippen molar-refractivity contribution in [1.29, 1.82) is 0 Å². The molecule has 4 aromatic rings. The maximum atomic E-state index is 12.2. The number of nitrogens with zero attached hydrogens (tertiary/aromatic N) is 2. The number of anilines is 3. The minimum Gasteiger partial charge on any atom is -0.497 e. The summed E-state index contributed by atoms with van der Waals surface area (Å²) < 4.78 is 10.4. The standard InChI is InChI=1S/C22H18N4O3/c1-28-18-8-3-7-17(14-18)25-22-23-11-10-19(26-22)15-5-2-6-16(13-15)24-21(27)20-9-4-12-29-20/h2-14H,1H3,(H,24,27)(H,23,25,26). The number of hydrogen-bond acceptors (Lipinski definition) is 6. The number of methoxy groups -OCH3 is 1. The lowest BCUT2D eigenvalue weighted by Gasteiger charge is -2.09. The van der Waals surface area contributed by atoms with Crippen LogP contribution in [0.1, 0.15) is 10.6 Å². The predicted molar refractivity (Wildman–Crippen MR) is 110 cm³/mol. The molecular weight excluding hydrogens is 368 g/mol. The fourth-order valence-corrected chi connectivity index (χ4v) is 2.77. The van der Waals surface area contributed by atoms with Crippen molar-refractivity contribution in [2.45, 2.75) is 0 Å². The van der Waals surface area contributed by atoms with Crippen LogP contribution in [0.4, 0.5) is 17.3 Å². The zero-order valence-corrected chi connectivity index (χ0v) is 15.6. The minimum absolute atomic E-state index is 0.252. The van der Waals surface area contributed by atoms with Crippen LogP contribution >= 0.6 is 0 Å². The van der Waals surface area contributed by atoms with E-state index in [1.165, 1.54) is 6.26 Å². The van der Waals surface area contributed by atoms with Crippen LogP contribution in [0.3, 0.4) is 0 Å². The summed E-state index contributed by atoms with van der Waals surface area (Å²) in [7, 11) is 1.62. The van der Waals surface area contributed by atoms with Crippen molar-refractivity contribution in [2.75, 3.05) is 17.7 Å². The van der Waals surface area contributed by atoms with E-state index >= 15 is 0 Å². The van der Waals surface area contributed by atoms with Gasteiger partial charge in [-0.2, -0.15) is 0 Å². The summed E-state index contributed by atoms with van der Waals surface area (Å²) in [6, 6.07) is 20.0. The molecule has 7 heteroatoms. The average molecular weight is 386 g/mol. The van der Waals surface area contributed by atoms with Crippen LogP contribution in [0.25, 0.3) is 11.3 Å². The second-order valence-corrected chi connectivity index (χ2v) is 6.13. The molecule has 29 heavy (non-hydrogen) atoms. The molecule has 7 nitrogen and oxygen atoms in total. The second kappa shape index (κ2) is 8.26. The van der Waals surface area contributed by atoms with Crippen LogP contribution in [-0.4, -0.2) is 23.0 Å². The zero-order valence-electron chi connectivity index (χ0n) is 15.6. The Morgan fingerprint density at radius 3 is 2.69 bits per heavy atom. The fourth-order valence-electron chi connectivity index (χ4n) is 2.77. The lowest BCUT2D eigenvalue weighted by Crippen LogP contribution is -2.10. The maximum absolute atomic E-state index is 12.2. The number of rotatable bonds is 6. The van der Waals surface area contributed by atoms with Crippen LogP contribution in [-0.2, 0) is 0 Å². The number of ether oxygens (including phenoxy) is 1. The maximum Gasteiger partial charge on any atom is 0.291 e. The molecule has 2 aromatic carbocycles. The predicted octanol–water partition coefficient (Wildman–Crippen LogP) is 4.74. The smallest absolute Gasteiger partial charge is 0.291 e. The monoisotopic (exact) mass is 386 g/mol. The Kier molecular flexibility index (Phi) is 5.20. The molecule has 1 amide bonds. The summed E-state index contributed by atoms with van der Waals surface area (Å²) in [5, 5.41) is 5.99. The van der Waals surface area contributed by atoms with Gasteiger partial charge in [0.25, 0.3) is 5.91 Å². The van der Waals surface area contributed by atoms with E-state index in [2.05, 4.69) is 20.6 Å². The molecule has 0 aliphatic carbocycles. The number of carbonyl (C=O) groups is 1. The van der Waals surface area contributed by atoms with Gasteiger partial charge in [-0.25, -0.2) is 9.97 Å². The average Bonchev–Trinajstić information content (AvgIpc) is 3.29. The first-order valence-corrected chi connectivity index (χ1v) is 8.91. The van der Waals surface area contributed by atoms with Gasteiger partial charge in [0, 0.05) is 29.2 Å². The molecule has 0 aliphatic heterocycles. The van der Waals surface area contributed by atoms with Crippen LogP contribution in [0.2, 0.25) is 0 Å². The number of carbonyl (C=O) groups excluding carboxylic acids is 1. The van der Waals surface area contributed by atoms with E-state index in [1.807, 2.05) is 48.5 Å². The molecule has 4 rings (SSSR count). The quantitative estimate of drug-likeness (QED) is 0.497. The van der Waals surface area contributed by atoms with E-state index in [1.54, 1.807) is 31.5 Å². The van der Waals surface area contributed by atoms with Crippen molar-refractivity contribution in [3.63, 3.8) is 0 Å². The topological polar surface area (TPSA) is 89.3 Å². The first-order chi connectivity index (χ1) is 14.2. The Hall–Kier alpha value is -4.13. The molecular formula is C22H18N4O3. The van der Waals surface area contributed by atoms with E-state index in [0.29, 0.717) is 11.6 Å². The molecule has 2 heterocycles. The van der Waals surface area contributed by atoms with Gasteiger partial charge in [0.15, 0.2) is 5.76 Å². The lowest BCUT2D eigenvalue weighted by atomic mass is 10.1. The molecule has 0 fully saturated rings.